The first-order chi connectivity index (χ1) is 12.1. The number of rotatable bonds is 4. The molecule has 6 heteroatoms. The Bertz CT molecular complexity index is 965. The Kier molecular flexibility index (Phi) is 4.48. The highest BCUT2D eigenvalue weighted by Gasteiger charge is 2.22. The normalized spacial score (nSPS) is 13.2. The van der Waals surface area contributed by atoms with Gasteiger partial charge in [0.05, 0.1) is 5.75 Å². The van der Waals surface area contributed by atoms with Crippen LogP contribution in [-0.4, -0.2) is 21.6 Å². The largest absolute Gasteiger partial charge is 0.325 e. The predicted octanol–water partition coefficient (Wildman–Crippen LogP) is 4.53. The lowest BCUT2D eigenvalue weighted by molar-refractivity contribution is -0.113. The van der Waals surface area contributed by atoms with Gasteiger partial charge in [0.15, 0.2) is 0 Å². The van der Waals surface area contributed by atoms with Gasteiger partial charge in [-0.1, -0.05) is 30.0 Å². The molecular weight excluding hydrogens is 350 g/mol. The summed E-state index contributed by atoms with van der Waals surface area (Å²) in [4.78, 5) is 24.1. The van der Waals surface area contributed by atoms with Crippen LogP contribution >= 0.6 is 23.1 Å². The molecule has 0 aliphatic heterocycles. The van der Waals surface area contributed by atoms with Gasteiger partial charge in [0, 0.05) is 16.0 Å². The molecule has 0 saturated heterocycles. The van der Waals surface area contributed by atoms with Crippen LogP contribution in [-0.2, 0) is 17.6 Å². The molecule has 1 N–H and O–H groups in total. The second kappa shape index (κ2) is 6.77. The quantitative estimate of drug-likeness (QED) is 0.542. The molecule has 0 fully saturated rings. The monoisotopic (exact) mass is 369 g/mol. The molecule has 1 aliphatic rings. The number of anilines is 1. The summed E-state index contributed by atoms with van der Waals surface area (Å²) in [6, 6.07) is 7.82. The van der Waals surface area contributed by atoms with E-state index in [1.165, 1.54) is 34.0 Å². The number of para-hydroxylation sites is 1. The maximum atomic E-state index is 12.4. The molecule has 128 valence electrons. The highest BCUT2D eigenvalue weighted by atomic mass is 32.2. The van der Waals surface area contributed by atoms with E-state index in [4.69, 9.17) is 0 Å². The van der Waals surface area contributed by atoms with E-state index in [0.29, 0.717) is 5.75 Å². The number of amides is 1. The number of hydrogen-bond acceptors (Lipinski definition) is 5. The van der Waals surface area contributed by atoms with E-state index in [-0.39, 0.29) is 5.91 Å². The summed E-state index contributed by atoms with van der Waals surface area (Å²) in [6.45, 7) is 3.91. The number of fused-ring (bicyclic) bond motifs is 3. The Morgan fingerprint density at radius 1 is 1.24 bits per heavy atom. The molecule has 2 heterocycles. The van der Waals surface area contributed by atoms with Gasteiger partial charge in [-0.25, -0.2) is 9.97 Å². The van der Waals surface area contributed by atoms with Crippen molar-refractivity contribution in [3.63, 3.8) is 0 Å². The molecule has 3 aromatic rings. The first-order valence-electron chi connectivity index (χ1n) is 8.39. The second-order valence-electron chi connectivity index (χ2n) is 6.27. The third-order valence-corrected chi connectivity index (χ3v) is 6.56. The summed E-state index contributed by atoms with van der Waals surface area (Å²) in [7, 11) is 0. The summed E-state index contributed by atoms with van der Waals surface area (Å²) >= 11 is 3.30. The summed E-state index contributed by atoms with van der Waals surface area (Å²) in [5.74, 6) is 1.12. The molecule has 0 bridgehead atoms. The minimum atomic E-state index is -0.00408. The summed E-state index contributed by atoms with van der Waals surface area (Å²) in [5, 5.41) is 5.11. The van der Waals surface area contributed by atoms with Crippen molar-refractivity contribution >= 4 is 44.9 Å². The average Bonchev–Trinajstić information content (AvgIpc) is 3.15. The van der Waals surface area contributed by atoms with Crippen LogP contribution in [0.2, 0.25) is 0 Å². The number of carbonyl (C=O) groups is 1. The van der Waals surface area contributed by atoms with Gasteiger partial charge in [-0.05, 0) is 50.3 Å². The highest BCUT2D eigenvalue weighted by molar-refractivity contribution is 8.00. The van der Waals surface area contributed by atoms with Gasteiger partial charge in [0.2, 0.25) is 5.91 Å². The van der Waals surface area contributed by atoms with Crippen LogP contribution < -0.4 is 5.32 Å². The minimum Gasteiger partial charge on any atom is -0.325 e. The fraction of sp³-hybridized carbons (Fsp3) is 0.316. The molecule has 2 aromatic heterocycles. The smallest absolute Gasteiger partial charge is 0.234 e. The summed E-state index contributed by atoms with van der Waals surface area (Å²) in [6.07, 6.45) is 3.46. The van der Waals surface area contributed by atoms with E-state index in [1.54, 1.807) is 11.3 Å². The van der Waals surface area contributed by atoms with E-state index in [0.717, 1.165) is 39.8 Å². The van der Waals surface area contributed by atoms with E-state index in [9.17, 15) is 4.79 Å². The molecule has 0 atom stereocenters. The molecule has 0 spiro atoms. The number of aryl methyl sites for hydroxylation is 4. The Hall–Kier alpha value is -1.92. The number of thioether (sulfide) groups is 1. The van der Waals surface area contributed by atoms with Gasteiger partial charge in [0.25, 0.3) is 0 Å². The lowest BCUT2D eigenvalue weighted by Gasteiger charge is -2.08. The predicted molar refractivity (Wildman–Crippen MR) is 105 cm³/mol. The van der Waals surface area contributed by atoms with Crippen LogP contribution in [0, 0.1) is 13.8 Å². The Balaban J connectivity index is 1.55. The molecule has 1 aromatic carbocycles. The Morgan fingerprint density at radius 3 is 2.92 bits per heavy atom. The van der Waals surface area contributed by atoms with Crippen molar-refractivity contribution in [2.75, 3.05) is 11.1 Å². The Morgan fingerprint density at radius 2 is 2.08 bits per heavy atom. The maximum absolute atomic E-state index is 12.4. The lowest BCUT2D eigenvalue weighted by Crippen LogP contribution is -2.15. The van der Waals surface area contributed by atoms with E-state index in [2.05, 4.69) is 15.3 Å². The molecule has 4 rings (SSSR count). The molecule has 25 heavy (non-hydrogen) atoms. The Labute approximate surface area is 155 Å². The first kappa shape index (κ1) is 16.5. The number of benzene rings is 1. The van der Waals surface area contributed by atoms with E-state index >= 15 is 0 Å². The second-order valence-corrected chi connectivity index (χ2v) is 8.31. The zero-order valence-electron chi connectivity index (χ0n) is 14.3. The molecule has 1 amide bonds. The van der Waals surface area contributed by atoms with Gasteiger partial charge in [0.1, 0.15) is 15.7 Å². The molecule has 1 aliphatic carbocycles. The first-order valence-corrected chi connectivity index (χ1v) is 10.2. The van der Waals surface area contributed by atoms with Crippen molar-refractivity contribution in [3.05, 3.63) is 46.1 Å². The van der Waals surface area contributed by atoms with Gasteiger partial charge in [-0.3, -0.25) is 4.79 Å². The summed E-state index contributed by atoms with van der Waals surface area (Å²) < 4.78 is 0. The zero-order valence-corrected chi connectivity index (χ0v) is 15.9. The average molecular weight is 370 g/mol. The van der Waals surface area contributed by atoms with Crippen molar-refractivity contribution in [2.45, 2.75) is 38.1 Å². The third-order valence-electron chi connectivity index (χ3n) is 4.40. The van der Waals surface area contributed by atoms with Crippen LogP contribution in [0.1, 0.15) is 28.2 Å². The number of hydrogen-bond donors (Lipinski definition) is 1. The number of thiophene rings is 1. The van der Waals surface area contributed by atoms with Gasteiger partial charge < -0.3 is 5.32 Å². The fourth-order valence-electron chi connectivity index (χ4n) is 3.20. The minimum absolute atomic E-state index is 0.00408. The van der Waals surface area contributed by atoms with Crippen molar-refractivity contribution in [2.24, 2.45) is 0 Å². The van der Waals surface area contributed by atoms with Gasteiger partial charge >= 0.3 is 0 Å². The standard InChI is InChI=1S/C19H19N3OS2/c1-11-6-3-4-8-14(11)22-16(23)10-24-18-17-13-7-5-9-15(13)25-19(17)21-12(2)20-18/h3-4,6,8H,5,7,9-10H2,1-2H3,(H,22,23). The van der Waals surface area contributed by atoms with Crippen LogP contribution in [0.5, 0.6) is 0 Å². The maximum Gasteiger partial charge on any atom is 0.234 e. The molecular formula is C19H19N3OS2. The SMILES string of the molecule is Cc1nc(SCC(=O)Nc2ccccc2C)c2c3c(sc2n1)CCC3. The van der Waals surface area contributed by atoms with Gasteiger partial charge in [-0.2, -0.15) is 0 Å². The highest BCUT2D eigenvalue weighted by Crippen LogP contribution is 2.40. The van der Waals surface area contributed by atoms with Crippen LogP contribution in [0.15, 0.2) is 29.3 Å². The van der Waals surface area contributed by atoms with Crippen LogP contribution in [0.4, 0.5) is 5.69 Å². The van der Waals surface area contributed by atoms with Crippen LogP contribution in [0.25, 0.3) is 10.2 Å². The molecule has 0 unspecified atom stereocenters. The molecule has 0 saturated carbocycles. The van der Waals surface area contributed by atoms with E-state index in [1.807, 2.05) is 38.1 Å². The van der Waals surface area contributed by atoms with Crippen LogP contribution in [0.3, 0.4) is 0 Å². The third kappa shape index (κ3) is 3.28. The molecule has 0 radical (unpaired) electrons. The summed E-state index contributed by atoms with van der Waals surface area (Å²) in [5.41, 5.74) is 3.34. The van der Waals surface area contributed by atoms with Crippen molar-refractivity contribution < 1.29 is 4.79 Å². The van der Waals surface area contributed by atoms with Crippen molar-refractivity contribution in [1.82, 2.24) is 9.97 Å². The number of aromatic nitrogens is 2. The van der Waals surface area contributed by atoms with Gasteiger partial charge in [-0.15, -0.1) is 11.3 Å². The van der Waals surface area contributed by atoms with E-state index < -0.39 is 0 Å². The lowest BCUT2D eigenvalue weighted by atomic mass is 10.2. The van der Waals surface area contributed by atoms with Crippen molar-refractivity contribution in [1.29, 1.82) is 0 Å². The fourth-order valence-corrected chi connectivity index (χ4v) is 5.47. The number of carbonyl (C=O) groups excluding carboxylic acids is 1. The zero-order chi connectivity index (χ0) is 17.4. The number of nitrogens with one attached hydrogen (secondary N) is 1. The number of nitrogens with zero attached hydrogens (tertiary/aromatic N) is 2. The topological polar surface area (TPSA) is 54.9 Å². The van der Waals surface area contributed by atoms with Crippen molar-refractivity contribution in [3.8, 4) is 0 Å². The molecule has 4 nitrogen and oxygen atoms in total.